The number of rotatable bonds is 4. The standard InChI is InChI=1S/C28H24N2O6/c1-35-15-7-3-13(4-8-15)29-25(31)21-17-11-12-18(22(21)26(29)32)20-19(17)23-24(20)28(34)30(27(23)33)14-5-9-16(36-2)10-6-14/h3-12,17-24H,1-2H3/t17-,18+,19+,20-,21+,22-,23-,24-/m0/s1. The molecule has 2 aromatic rings. The lowest BCUT2D eigenvalue weighted by Crippen LogP contribution is -2.63. The maximum atomic E-state index is 13.6. The number of carbonyl (C=O) groups is 4. The van der Waals surface area contributed by atoms with Crippen LogP contribution in [0.25, 0.3) is 0 Å². The second-order valence-corrected chi connectivity index (χ2v) is 10.2. The number of methoxy groups -OCH3 is 2. The summed E-state index contributed by atoms with van der Waals surface area (Å²) in [4.78, 5) is 56.9. The van der Waals surface area contributed by atoms with Crippen molar-refractivity contribution in [3.63, 3.8) is 0 Å². The largest absolute Gasteiger partial charge is 0.497 e. The van der Waals surface area contributed by atoms with Gasteiger partial charge in [-0.2, -0.15) is 0 Å². The summed E-state index contributed by atoms with van der Waals surface area (Å²) in [5.74, 6) is -2.21. The minimum absolute atomic E-state index is 0.112. The van der Waals surface area contributed by atoms with Gasteiger partial charge in [0.15, 0.2) is 0 Å². The Bertz CT molecular complexity index is 1290. The number of hydrogen-bond donors (Lipinski definition) is 0. The van der Waals surface area contributed by atoms with E-state index >= 15 is 0 Å². The van der Waals surface area contributed by atoms with Crippen molar-refractivity contribution in [1.82, 2.24) is 0 Å². The average molecular weight is 485 g/mol. The van der Waals surface area contributed by atoms with Crippen molar-refractivity contribution in [3.8, 4) is 11.5 Å². The molecule has 0 radical (unpaired) electrons. The molecule has 0 unspecified atom stereocenters. The first kappa shape index (κ1) is 21.4. The fraction of sp³-hybridized carbons (Fsp3) is 0.357. The zero-order chi connectivity index (χ0) is 24.9. The summed E-state index contributed by atoms with van der Waals surface area (Å²) >= 11 is 0. The number of imide groups is 2. The Balaban J connectivity index is 1.22. The van der Waals surface area contributed by atoms with Crippen LogP contribution in [-0.4, -0.2) is 37.8 Å². The molecule has 4 amide bonds. The minimum atomic E-state index is -0.505. The van der Waals surface area contributed by atoms with Gasteiger partial charge < -0.3 is 9.47 Å². The molecule has 2 saturated heterocycles. The lowest BCUT2D eigenvalue weighted by molar-refractivity contribution is -0.166. The van der Waals surface area contributed by atoms with Crippen LogP contribution in [0.3, 0.4) is 0 Å². The lowest BCUT2D eigenvalue weighted by atomic mass is 9.40. The van der Waals surface area contributed by atoms with E-state index in [1.54, 1.807) is 62.8 Å². The highest BCUT2D eigenvalue weighted by atomic mass is 16.5. The smallest absolute Gasteiger partial charge is 0.238 e. The van der Waals surface area contributed by atoms with Gasteiger partial charge in [-0.15, -0.1) is 0 Å². The van der Waals surface area contributed by atoms with Crippen LogP contribution in [0.5, 0.6) is 11.5 Å². The van der Waals surface area contributed by atoms with Gasteiger partial charge >= 0.3 is 0 Å². The predicted molar refractivity (Wildman–Crippen MR) is 128 cm³/mol. The Hall–Kier alpha value is -3.94. The van der Waals surface area contributed by atoms with E-state index in [-0.39, 0.29) is 47.3 Å². The minimum Gasteiger partial charge on any atom is -0.497 e. The van der Waals surface area contributed by atoms with E-state index in [0.29, 0.717) is 22.9 Å². The highest BCUT2D eigenvalue weighted by Crippen LogP contribution is 2.68. The number of ether oxygens (including phenoxy) is 2. The Morgan fingerprint density at radius 3 is 1.19 bits per heavy atom. The van der Waals surface area contributed by atoms with Crippen LogP contribution in [0.1, 0.15) is 0 Å². The van der Waals surface area contributed by atoms with Gasteiger partial charge in [0.1, 0.15) is 11.5 Å². The maximum Gasteiger partial charge on any atom is 0.238 e. The van der Waals surface area contributed by atoms with Crippen LogP contribution in [0.15, 0.2) is 60.7 Å². The summed E-state index contributed by atoms with van der Waals surface area (Å²) in [6.07, 6.45) is 4.03. The second-order valence-electron chi connectivity index (χ2n) is 10.2. The number of carbonyl (C=O) groups excluding carboxylic acids is 4. The van der Waals surface area contributed by atoms with E-state index in [1.807, 2.05) is 12.2 Å². The number of allylic oxidation sites excluding steroid dienone is 2. The maximum absolute atomic E-state index is 13.6. The van der Waals surface area contributed by atoms with E-state index < -0.39 is 23.7 Å². The second kappa shape index (κ2) is 7.29. The number of fused-ring (bicyclic) bond motifs is 1. The molecule has 8 heteroatoms. The Kier molecular flexibility index (Phi) is 4.32. The Morgan fingerprint density at radius 2 is 0.861 bits per heavy atom. The highest BCUT2D eigenvalue weighted by Gasteiger charge is 2.75. The topological polar surface area (TPSA) is 93.2 Å². The molecule has 8 atom stereocenters. The molecule has 6 aliphatic rings. The molecule has 4 aliphatic carbocycles. The van der Waals surface area contributed by atoms with Crippen LogP contribution in [0.4, 0.5) is 11.4 Å². The van der Waals surface area contributed by atoms with E-state index in [2.05, 4.69) is 0 Å². The van der Waals surface area contributed by atoms with Crippen LogP contribution in [-0.2, 0) is 19.2 Å². The lowest BCUT2D eigenvalue weighted by Gasteiger charge is -2.60. The third kappa shape index (κ3) is 2.49. The number of amides is 4. The third-order valence-electron chi connectivity index (χ3n) is 9.00. The molecule has 2 bridgehead atoms. The average Bonchev–Trinajstić information content (AvgIpc) is 3.28. The van der Waals surface area contributed by atoms with Gasteiger partial charge in [-0.05, 0) is 72.2 Å². The first-order valence-corrected chi connectivity index (χ1v) is 12.2. The van der Waals surface area contributed by atoms with E-state index in [4.69, 9.17) is 9.47 Å². The van der Waals surface area contributed by atoms with Crippen LogP contribution in [0.2, 0.25) is 0 Å². The first-order chi connectivity index (χ1) is 17.5. The van der Waals surface area contributed by atoms with E-state index in [1.165, 1.54) is 9.80 Å². The van der Waals surface area contributed by atoms with Gasteiger partial charge in [-0.1, -0.05) is 12.2 Å². The summed E-state index contributed by atoms with van der Waals surface area (Å²) in [6, 6.07) is 13.8. The van der Waals surface area contributed by atoms with Crippen molar-refractivity contribution in [2.75, 3.05) is 24.0 Å². The van der Waals surface area contributed by atoms with Crippen molar-refractivity contribution >= 4 is 35.0 Å². The molecule has 2 aliphatic heterocycles. The quantitative estimate of drug-likeness (QED) is 0.489. The summed E-state index contributed by atoms with van der Waals surface area (Å²) in [5.41, 5.74) is 1.04. The number of nitrogens with zero attached hydrogens (tertiary/aromatic N) is 2. The summed E-state index contributed by atoms with van der Waals surface area (Å²) in [6.45, 7) is 0. The summed E-state index contributed by atoms with van der Waals surface area (Å²) in [7, 11) is 3.12. The number of benzene rings is 2. The molecule has 0 spiro atoms. The summed E-state index contributed by atoms with van der Waals surface area (Å²) in [5, 5.41) is 0. The van der Waals surface area contributed by atoms with Crippen molar-refractivity contribution in [2.24, 2.45) is 47.3 Å². The van der Waals surface area contributed by atoms with Gasteiger partial charge in [0.05, 0.1) is 49.3 Å². The third-order valence-corrected chi connectivity index (χ3v) is 9.00. The number of anilines is 2. The molecule has 182 valence electrons. The molecule has 0 aromatic heterocycles. The molecule has 8 rings (SSSR count). The molecule has 2 saturated carbocycles. The van der Waals surface area contributed by atoms with Gasteiger partial charge in [0.25, 0.3) is 0 Å². The normalized spacial score (nSPS) is 35.5. The van der Waals surface area contributed by atoms with Crippen molar-refractivity contribution in [2.45, 2.75) is 0 Å². The van der Waals surface area contributed by atoms with Crippen LogP contribution >= 0.6 is 0 Å². The van der Waals surface area contributed by atoms with Gasteiger partial charge in [0.2, 0.25) is 23.6 Å². The van der Waals surface area contributed by atoms with Gasteiger partial charge in [0, 0.05) is 0 Å². The van der Waals surface area contributed by atoms with Gasteiger partial charge in [-0.3, -0.25) is 29.0 Å². The monoisotopic (exact) mass is 484 g/mol. The van der Waals surface area contributed by atoms with Gasteiger partial charge in [-0.25, -0.2) is 0 Å². The molecule has 2 heterocycles. The SMILES string of the molecule is COc1ccc(N2C(=O)[C@@H]3[C@@H](C2=O)[C@@H]2[C@@H]4C=C[C@@H]([C@@H]5C(=O)N(c6ccc(OC)cc6)C(=O)[C@H]45)[C@H]32)cc1. The van der Waals surface area contributed by atoms with Crippen molar-refractivity contribution in [1.29, 1.82) is 0 Å². The zero-order valence-corrected chi connectivity index (χ0v) is 19.7. The fourth-order valence-electron chi connectivity index (χ4n) is 7.57. The van der Waals surface area contributed by atoms with E-state index in [0.717, 1.165) is 0 Å². The Labute approximate surface area is 207 Å². The molecule has 2 aromatic carbocycles. The molecular weight excluding hydrogens is 460 g/mol. The van der Waals surface area contributed by atoms with Crippen LogP contribution < -0.4 is 19.3 Å². The van der Waals surface area contributed by atoms with Crippen molar-refractivity contribution < 1.29 is 28.7 Å². The predicted octanol–water partition coefficient (Wildman–Crippen LogP) is 2.68. The first-order valence-electron chi connectivity index (χ1n) is 12.2. The number of hydrogen-bond acceptors (Lipinski definition) is 6. The molecule has 4 fully saturated rings. The Morgan fingerprint density at radius 1 is 0.528 bits per heavy atom. The summed E-state index contributed by atoms with van der Waals surface area (Å²) < 4.78 is 10.4. The molecule has 0 N–H and O–H groups in total. The van der Waals surface area contributed by atoms with E-state index in [9.17, 15) is 19.2 Å². The molecular formula is C28H24N2O6. The fourth-order valence-corrected chi connectivity index (χ4v) is 7.57. The van der Waals surface area contributed by atoms with Crippen molar-refractivity contribution in [3.05, 3.63) is 60.7 Å². The zero-order valence-electron chi connectivity index (χ0n) is 19.7. The molecule has 36 heavy (non-hydrogen) atoms. The van der Waals surface area contributed by atoms with Crippen LogP contribution in [0, 0.1) is 47.3 Å². The highest BCUT2D eigenvalue weighted by molar-refractivity contribution is 6.25. The molecule has 8 nitrogen and oxygen atoms in total.